The standard InChI is InChI=1S/C15H28N2O.ClH/c1-12(14-4-2-3-5-14)17-15(18)7-6-13-8-10-16-11-9-13;/h12-14,16H,2-11H2,1H3,(H,17,18);1H. The van der Waals surface area contributed by atoms with Crippen molar-refractivity contribution in [3.05, 3.63) is 0 Å². The van der Waals surface area contributed by atoms with Gasteiger partial charge in [-0.25, -0.2) is 0 Å². The predicted octanol–water partition coefficient (Wildman–Crippen LogP) is 2.88. The van der Waals surface area contributed by atoms with Crippen LogP contribution in [-0.4, -0.2) is 25.0 Å². The van der Waals surface area contributed by atoms with Gasteiger partial charge in [-0.05, 0) is 64.0 Å². The Balaban J connectivity index is 0.00000180. The third-order valence-corrected chi connectivity index (χ3v) is 4.73. The number of hydrogen-bond acceptors (Lipinski definition) is 2. The normalized spacial score (nSPS) is 22.8. The van der Waals surface area contributed by atoms with Crippen LogP contribution in [0.25, 0.3) is 0 Å². The van der Waals surface area contributed by atoms with Crippen LogP contribution in [0.3, 0.4) is 0 Å². The van der Waals surface area contributed by atoms with E-state index >= 15 is 0 Å². The Morgan fingerprint density at radius 1 is 1.21 bits per heavy atom. The molecule has 2 aliphatic rings. The van der Waals surface area contributed by atoms with Crippen LogP contribution in [0.2, 0.25) is 0 Å². The molecule has 2 N–H and O–H groups in total. The second-order valence-electron chi connectivity index (χ2n) is 6.13. The Bertz CT molecular complexity index is 261. The van der Waals surface area contributed by atoms with Gasteiger partial charge in [0, 0.05) is 12.5 Å². The van der Waals surface area contributed by atoms with Crippen molar-refractivity contribution in [2.75, 3.05) is 13.1 Å². The molecule has 1 saturated heterocycles. The third-order valence-electron chi connectivity index (χ3n) is 4.73. The molecular weight excluding hydrogens is 260 g/mol. The molecule has 2 rings (SSSR count). The van der Waals surface area contributed by atoms with Crippen molar-refractivity contribution in [1.29, 1.82) is 0 Å². The molecule has 1 unspecified atom stereocenters. The van der Waals surface area contributed by atoms with E-state index in [0.717, 1.165) is 37.8 Å². The molecule has 0 aromatic rings. The number of nitrogens with one attached hydrogen (secondary N) is 2. The topological polar surface area (TPSA) is 41.1 Å². The molecule has 112 valence electrons. The van der Waals surface area contributed by atoms with Crippen LogP contribution in [0, 0.1) is 11.8 Å². The molecule has 0 spiro atoms. The number of halogens is 1. The largest absolute Gasteiger partial charge is 0.353 e. The lowest BCUT2D eigenvalue weighted by atomic mass is 9.93. The number of hydrogen-bond donors (Lipinski definition) is 2. The maximum Gasteiger partial charge on any atom is 0.220 e. The zero-order valence-electron chi connectivity index (χ0n) is 12.1. The van der Waals surface area contributed by atoms with Crippen molar-refractivity contribution in [2.24, 2.45) is 11.8 Å². The van der Waals surface area contributed by atoms with Crippen molar-refractivity contribution in [1.82, 2.24) is 10.6 Å². The van der Waals surface area contributed by atoms with E-state index in [4.69, 9.17) is 0 Å². The van der Waals surface area contributed by atoms with Gasteiger partial charge in [-0.3, -0.25) is 4.79 Å². The number of rotatable bonds is 5. The molecular formula is C15H29ClN2O. The van der Waals surface area contributed by atoms with E-state index in [-0.39, 0.29) is 18.3 Å². The molecule has 0 radical (unpaired) electrons. The molecule has 1 aliphatic carbocycles. The monoisotopic (exact) mass is 288 g/mol. The van der Waals surface area contributed by atoms with Gasteiger partial charge in [0.25, 0.3) is 0 Å². The molecule has 1 saturated carbocycles. The lowest BCUT2D eigenvalue weighted by Crippen LogP contribution is -2.37. The quantitative estimate of drug-likeness (QED) is 0.817. The van der Waals surface area contributed by atoms with E-state index in [1.165, 1.54) is 38.5 Å². The molecule has 1 atom stereocenters. The molecule has 2 fully saturated rings. The van der Waals surface area contributed by atoms with E-state index in [1.54, 1.807) is 0 Å². The average molecular weight is 289 g/mol. The van der Waals surface area contributed by atoms with Gasteiger partial charge < -0.3 is 10.6 Å². The van der Waals surface area contributed by atoms with Gasteiger partial charge in [0.15, 0.2) is 0 Å². The van der Waals surface area contributed by atoms with Crippen LogP contribution < -0.4 is 10.6 Å². The number of piperidine rings is 1. The van der Waals surface area contributed by atoms with Crippen molar-refractivity contribution in [3.8, 4) is 0 Å². The van der Waals surface area contributed by atoms with Crippen molar-refractivity contribution in [3.63, 3.8) is 0 Å². The zero-order chi connectivity index (χ0) is 12.8. The fourth-order valence-electron chi connectivity index (χ4n) is 3.41. The smallest absolute Gasteiger partial charge is 0.220 e. The molecule has 0 aromatic heterocycles. The summed E-state index contributed by atoms with van der Waals surface area (Å²) in [6, 6.07) is 0.382. The van der Waals surface area contributed by atoms with Gasteiger partial charge in [-0.1, -0.05) is 12.8 Å². The summed E-state index contributed by atoms with van der Waals surface area (Å²) in [4.78, 5) is 11.9. The highest BCUT2D eigenvalue weighted by molar-refractivity contribution is 5.85. The molecule has 0 bridgehead atoms. The molecule has 4 heteroatoms. The van der Waals surface area contributed by atoms with Crippen molar-refractivity contribution in [2.45, 2.75) is 64.3 Å². The molecule has 1 heterocycles. The molecule has 1 amide bonds. The predicted molar refractivity (Wildman–Crippen MR) is 81.6 cm³/mol. The van der Waals surface area contributed by atoms with Crippen LogP contribution in [0.5, 0.6) is 0 Å². The van der Waals surface area contributed by atoms with E-state index < -0.39 is 0 Å². The second-order valence-corrected chi connectivity index (χ2v) is 6.13. The summed E-state index contributed by atoms with van der Waals surface area (Å²) in [6.45, 7) is 4.44. The fourth-order valence-corrected chi connectivity index (χ4v) is 3.41. The lowest BCUT2D eigenvalue weighted by Gasteiger charge is -2.23. The van der Waals surface area contributed by atoms with Gasteiger partial charge in [0.05, 0.1) is 0 Å². The highest BCUT2D eigenvalue weighted by atomic mass is 35.5. The van der Waals surface area contributed by atoms with Gasteiger partial charge in [-0.15, -0.1) is 12.4 Å². The van der Waals surface area contributed by atoms with E-state index in [0.29, 0.717) is 6.04 Å². The minimum atomic E-state index is 0. The van der Waals surface area contributed by atoms with Gasteiger partial charge in [0.2, 0.25) is 5.91 Å². The first-order valence-electron chi connectivity index (χ1n) is 7.76. The van der Waals surface area contributed by atoms with Gasteiger partial charge in [-0.2, -0.15) is 0 Å². The summed E-state index contributed by atoms with van der Waals surface area (Å²) in [5.41, 5.74) is 0. The van der Waals surface area contributed by atoms with E-state index in [1.807, 2.05) is 0 Å². The Kier molecular flexibility index (Phi) is 7.77. The first-order chi connectivity index (χ1) is 8.75. The second kappa shape index (κ2) is 8.80. The Morgan fingerprint density at radius 3 is 2.47 bits per heavy atom. The number of amides is 1. The SMILES string of the molecule is CC(NC(=O)CCC1CCNCC1)C1CCCC1.Cl. The first kappa shape index (κ1) is 16.8. The summed E-state index contributed by atoms with van der Waals surface area (Å²) in [5.74, 6) is 1.76. The molecule has 0 aromatic carbocycles. The lowest BCUT2D eigenvalue weighted by molar-refractivity contribution is -0.122. The Hall–Kier alpha value is -0.280. The highest BCUT2D eigenvalue weighted by Gasteiger charge is 2.23. The van der Waals surface area contributed by atoms with Crippen LogP contribution in [0.4, 0.5) is 0 Å². The summed E-state index contributed by atoms with van der Waals surface area (Å²) in [6.07, 6.45) is 9.58. The minimum Gasteiger partial charge on any atom is -0.353 e. The average Bonchev–Trinajstić information content (AvgIpc) is 2.91. The highest BCUT2D eigenvalue weighted by Crippen LogP contribution is 2.27. The van der Waals surface area contributed by atoms with E-state index in [9.17, 15) is 4.79 Å². The van der Waals surface area contributed by atoms with Crippen LogP contribution in [0.1, 0.15) is 58.3 Å². The van der Waals surface area contributed by atoms with Crippen molar-refractivity contribution >= 4 is 18.3 Å². The maximum atomic E-state index is 11.9. The molecule has 3 nitrogen and oxygen atoms in total. The summed E-state index contributed by atoms with van der Waals surface area (Å²) in [5, 5.41) is 6.58. The van der Waals surface area contributed by atoms with Gasteiger partial charge in [0.1, 0.15) is 0 Å². The Labute approximate surface area is 123 Å². The number of carbonyl (C=O) groups excluding carboxylic acids is 1. The molecule has 1 aliphatic heterocycles. The zero-order valence-corrected chi connectivity index (χ0v) is 12.9. The molecule has 19 heavy (non-hydrogen) atoms. The Morgan fingerprint density at radius 2 is 1.84 bits per heavy atom. The van der Waals surface area contributed by atoms with Crippen LogP contribution in [0.15, 0.2) is 0 Å². The van der Waals surface area contributed by atoms with Gasteiger partial charge >= 0.3 is 0 Å². The maximum absolute atomic E-state index is 11.9. The van der Waals surface area contributed by atoms with Crippen molar-refractivity contribution < 1.29 is 4.79 Å². The summed E-state index contributed by atoms with van der Waals surface area (Å²) in [7, 11) is 0. The summed E-state index contributed by atoms with van der Waals surface area (Å²) < 4.78 is 0. The van der Waals surface area contributed by atoms with Crippen LogP contribution in [-0.2, 0) is 4.79 Å². The third kappa shape index (κ3) is 5.70. The van der Waals surface area contributed by atoms with Crippen LogP contribution >= 0.6 is 12.4 Å². The van der Waals surface area contributed by atoms with E-state index in [2.05, 4.69) is 17.6 Å². The number of carbonyl (C=O) groups is 1. The minimum absolute atomic E-state index is 0. The summed E-state index contributed by atoms with van der Waals surface area (Å²) >= 11 is 0. The first-order valence-corrected chi connectivity index (χ1v) is 7.76. The fraction of sp³-hybridized carbons (Fsp3) is 0.933.